The molecule has 0 saturated heterocycles. The number of hydrogen-bond acceptors (Lipinski definition) is 3. The van der Waals surface area contributed by atoms with Crippen molar-refractivity contribution < 1.29 is 13.0 Å². The van der Waals surface area contributed by atoms with E-state index in [1.54, 1.807) is 6.07 Å². The molecule has 0 aliphatic heterocycles. The van der Waals surface area contributed by atoms with Crippen molar-refractivity contribution in [3.8, 4) is 6.07 Å². The summed E-state index contributed by atoms with van der Waals surface area (Å²) in [5, 5.41) is 7.80. The van der Waals surface area contributed by atoms with E-state index in [1.165, 1.54) is 0 Å². The average molecular weight is 159 g/mol. The molecule has 48 valence electrons. The number of rotatable bonds is 2. The van der Waals surface area contributed by atoms with Gasteiger partial charge in [0.2, 0.25) is 0 Å². The quantitative estimate of drug-likeness (QED) is 0.420. The van der Waals surface area contributed by atoms with Gasteiger partial charge in [-0.3, -0.25) is 4.55 Å². The van der Waals surface area contributed by atoms with Crippen molar-refractivity contribution in [2.45, 2.75) is 6.42 Å². The second kappa shape index (κ2) is 5.21. The Kier molecular flexibility index (Phi) is 7.01. The van der Waals surface area contributed by atoms with Gasteiger partial charge in [0.15, 0.2) is 0 Å². The van der Waals surface area contributed by atoms with Crippen molar-refractivity contribution in [2.75, 3.05) is 5.75 Å². The van der Waals surface area contributed by atoms with E-state index >= 15 is 0 Å². The standard InChI is InChI=1S/C3H5NO3S.Na.H/c4-2-1-3-8(5,6)7;;/h1,3H2,(H,5,6,7);;. The van der Waals surface area contributed by atoms with Gasteiger partial charge in [0.1, 0.15) is 0 Å². The van der Waals surface area contributed by atoms with Crippen molar-refractivity contribution in [1.29, 1.82) is 5.26 Å². The Balaban J connectivity index is 0. The minimum atomic E-state index is -3.91. The van der Waals surface area contributed by atoms with Gasteiger partial charge in [0.25, 0.3) is 10.1 Å². The zero-order chi connectivity index (χ0) is 6.62. The van der Waals surface area contributed by atoms with Gasteiger partial charge < -0.3 is 0 Å². The van der Waals surface area contributed by atoms with E-state index in [-0.39, 0.29) is 36.0 Å². The molecular formula is C3H6NNaO3S. The van der Waals surface area contributed by atoms with Crippen LogP contribution in [0, 0.1) is 11.3 Å². The van der Waals surface area contributed by atoms with Gasteiger partial charge in [-0.05, 0) is 0 Å². The van der Waals surface area contributed by atoms with Crippen LogP contribution in [0.1, 0.15) is 6.42 Å². The van der Waals surface area contributed by atoms with Crippen molar-refractivity contribution in [3.63, 3.8) is 0 Å². The number of nitrogens with zero attached hydrogens (tertiary/aromatic N) is 1. The monoisotopic (exact) mass is 159 g/mol. The summed E-state index contributed by atoms with van der Waals surface area (Å²) < 4.78 is 27.6. The molecule has 0 aromatic carbocycles. The summed E-state index contributed by atoms with van der Waals surface area (Å²) in [5.74, 6) is -0.469. The summed E-state index contributed by atoms with van der Waals surface area (Å²) in [6.07, 6.45) is -0.154. The third kappa shape index (κ3) is 11.8. The first-order valence-corrected chi connectivity index (χ1v) is 3.49. The van der Waals surface area contributed by atoms with Crippen LogP contribution in [0.2, 0.25) is 0 Å². The fourth-order valence-electron chi connectivity index (χ4n) is 0.175. The normalized spacial score (nSPS) is 9.33. The average Bonchev–Trinajstić information content (AvgIpc) is 1.59. The van der Waals surface area contributed by atoms with Crippen LogP contribution in [-0.2, 0) is 10.1 Å². The maximum atomic E-state index is 9.79. The first-order valence-electron chi connectivity index (χ1n) is 1.88. The Labute approximate surface area is 75.9 Å². The van der Waals surface area contributed by atoms with Crippen LogP contribution in [0.25, 0.3) is 0 Å². The molecule has 0 aliphatic rings. The Morgan fingerprint density at radius 2 is 2.00 bits per heavy atom. The number of nitriles is 1. The molecule has 0 aromatic heterocycles. The summed E-state index contributed by atoms with van der Waals surface area (Å²) in [4.78, 5) is 0. The summed E-state index contributed by atoms with van der Waals surface area (Å²) in [6.45, 7) is 0. The van der Waals surface area contributed by atoms with Gasteiger partial charge in [-0.1, -0.05) is 0 Å². The third-order valence-corrected chi connectivity index (χ3v) is 1.19. The van der Waals surface area contributed by atoms with E-state index in [9.17, 15) is 8.42 Å². The van der Waals surface area contributed by atoms with Crippen molar-refractivity contribution in [2.24, 2.45) is 0 Å². The van der Waals surface area contributed by atoms with Crippen LogP contribution in [0.5, 0.6) is 0 Å². The molecule has 0 atom stereocenters. The topological polar surface area (TPSA) is 78.2 Å². The Bertz CT molecular complexity index is 192. The van der Waals surface area contributed by atoms with Crippen molar-refractivity contribution >= 4 is 39.7 Å². The fourth-order valence-corrected chi connectivity index (χ4v) is 0.524. The van der Waals surface area contributed by atoms with Crippen LogP contribution in [0.4, 0.5) is 0 Å². The van der Waals surface area contributed by atoms with E-state index in [0.717, 1.165) is 0 Å². The molecule has 0 aromatic rings. The zero-order valence-corrected chi connectivity index (χ0v) is 4.85. The Morgan fingerprint density at radius 3 is 2.11 bits per heavy atom. The van der Waals surface area contributed by atoms with Gasteiger partial charge in [-0.25, -0.2) is 0 Å². The van der Waals surface area contributed by atoms with E-state index < -0.39 is 15.9 Å². The van der Waals surface area contributed by atoms with Gasteiger partial charge >= 0.3 is 29.6 Å². The molecule has 4 nitrogen and oxygen atoms in total. The molecule has 0 aliphatic carbocycles. The Hall–Kier alpha value is 0.400. The Morgan fingerprint density at radius 1 is 1.56 bits per heavy atom. The van der Waals surface area contributed by atoms with Crippen molar-refractivity contribution in [1.82, 2.24) is 0 Å². The third-order valence-electron chi connectivity index (χ3n) is 0.472. The van der Waals surface area contributed by atoms with E-state index in [0.29, 0.717) is 0 Å². The number of hydrogen-bond donors (Lipinski definition) is 1. The minimum absolute atomic E-state index is 0. The molecule has 0 unspecified atom stereocenters. The molecule has 0 saturated carbocycles. The second-order valence-electron chi connectivity index (χ2n) is 1.19. The van der Waals surface area contributed by atoms with Crippen LogP contribution >= 0.6 is 0 Å². The molecule has 0 amide bonds. The van der Waals surface area contributed by atoms with Crippen LogP contribution in [-0.4, -0.2) is 48.3 Å². The van der Waals surface area contributed by atoms with E-state index in [1.807, 2.05) is 0 Å². The molecule has 0 bridgehead atoms. The molecule has 1 N–H and O–H groups in total. The first kappa shape index (κ1) is 12.1. The molecule has 0 heterocycles. The van der Waals surface area contributed by atoms with E-state index in [4.69, 9.17) is 9.81 Å². The maximum absolute atomic E-state index is 9.79. The van der Waals surface area contributed by atoms with Crippen LogP contribution < -0.4 is 0 Å². The molecule has 9 heavy (non-hydrogen) atoms. The molecule has 0 rings (SSSR count). The van der Waals surface area contributed by atoms with E-state index in [2.05, 4.69) is 0 Å². The zero-order valence-electron chi connectivity index (χ0n) is 4.03. The predicted molar refractivity (Wildman–Crippen MR) is 33.8 cm³/mol. The molecule has 0 fully saturated rings. The predicted octanol–water partition coefficient (Wildman–Crippen LogP) is -0.861. The van der Waals surface area contributed by atoms with Crippen molar-refractivity contribution in [3.05, 3.63) is 0 Å². The summed E-state index contributed by atoms with van der Waals surface area (Å²) >= 11 is 0. The molecule has 6 heteroatoms. The summed E-state index contributed by atoms with van der Waals surface area (Å²) in [6, 6.07) is 1.59. The van der Waals surface area contributed by atoms with Crippen LogP contribution in [0.15, 0.2) is 0 Å². The summed E-state index contributed by atoms with van der Waals surface area (Å²) in [7, 11) is -3.91. The van der Waals surface area contributed by atoms with Gasteiger partial charge in [-0.2, -0.15) is 13.7 Å². The second-order valence-corrected chi connectivity index (χ2v) is 2.77. The van der Waals surface area contributed by atoms with Gasteiger partial charge in [0, 0.05) is 0 Å². The van der Waals surface area contributed by atoms with Crippen LogP contribution in [0.3, 0.4) is 0 Å². The van der Waals surface area contributed by atoms with Gasteiger partial charge in [0.05, 0.1) is 18.2 Å². The molecule has 0 spiro atoms. The van der Waals surface area contributed by atoms with Gasteiger partial charge in [-0.15, -0.1) is 0 Å². The molecular weight excluding hydrogens is 153 g/mol. The first-order chi connectivity index (χ1) is 3.56. The summed E-state index contributed by atoms with van der Waals surface area (Å²) in [5.41, 5.74) is 0. The molecule has 0 radical (unpaired) electrons. The fraction of sp³-hybridized carbons (Fsp3) is 0.667. The SMILES string of the molecule is N#CCCS(=O)(=O)O.[NaH].